The lowest BCUT2D eigenvalue weighted by atomic mass is 9.83. The molecule has 1 aromatic rings. The Morgan fingerprint density at radius 3 is 3.00 bits per heavy atom. The van der Waals surface area contributed by atoms with Crippen molar-refractivity contribution in [2.45, 2.75) is 51.7 Å². The van der Waals surface area contributed by atoms with Gasteiger partial charge in [0.1, 0.15) is 6.10 Å². The van der Waals surface area contributed by atoms with Gasteiger partial charge in [0.15, 0.2) is 0 Å². The van der Waals surface area contributed by atoms with Gasteiger partial charge in [-0.25, -0.2) is 4.68 Å². The average molecular weight is 235 g/mol. The molecule has 1 heterocycles. The maximum atomic E-state index is 10.5. The van der Waals surface area contributed by atoms with Crippen LogP contribution in [0.2, 0.25) is 0 Å². The van der Waals surface area contributed by atoms with Crippen LogP contribution in [0.5, 0.6) is 0 Å². The van der Waals surface area contributed by atoms with Gasteiger partial charge in [0.05, 0.1) is 11.9 Å². The average Bonchev–Trinajstić information content (AvgIpc) is 3.03. The fraction of sp³-hybridized carbons (Fsp3) is 0.846. The smallest absolute Gasteiger partial charge is 0.100 e. The number of aryl methyl sites for hydroxylation is 1. The van der Waals surface area contributed by atoms with Gasteiger partial charge >= 0.3 is 0 Å². The summed E-state index contributed by atoms with van der Waals surface area (Å²) in [5, 5.41) is 18.6. The van der Waals surface area contributed by atoms with Crippen LogP contribution in [0.3, 0.4) is 0 Å². The van der Waals surface area contributed by atoms with Crippen molar-refractivity contribution in [3.63, 3.8) is 0 Å². The Bertz CT molecular complexity index is 390. The van der Waals surface area contributed by atoms with Gasteiger partial charge in [0.2, 0.25) is 0 Å². The first kappa shape index (κ1) is 11.2. The molecular weight excluding hydrogens is 214 g/mol. The van der Waals surface area contributed by atoms with E-state index in [2.05, 4.69) is 17.2 Å². The minimum absolute atomic E-state index is 0.355. The predicted octanol–water partition coefficient (Wildman–Crippen LogP) is 2.16. The number of fused-ring (bicyclic) bond motifs is 2. The maximum absolute atomic E-state index is 10.5. The number of aliphatic hydroxyl groups is 1. The highest BCUT2D eigenvalue weighted by Crippen LogP contribution is 2.52. The number of hydrogen-bond acceptors (Lipinski definition) is 3. The molecule has 2 bridgehead atoms. The number of rotatable bonds is 4. The van der Waals surface area contributed by atoms with Crippen LogP contribution in [0, 0.1) is 17.8 Å². The highest BCUT2D eigenvalue weighted by molar-refractivity contribution is 5.05. The second-order valence-corrected chi connectivity index (χ2v) is 5.67. The van der Waals surface area contributed by atoms with Crippen LogP contribution in [0.4, 0.5) is 0 Å². The third kappa shape index (κ3) is 1.88. The topological polar surface area (TPSA) is 50.9 Å². The zero-order valence-corrected chi connectivity index (χ0v) is 10.4. The van der Waals surface area contributed by atoms with Crippen molar-refractivity contribution in [3.05, 3.63) is 11.9 Å². The van der Waals surface area contributed by atoms with Crippen molar-refractivity contribution >= 4 is 0 Å². The molecule has 1 N–H and O–H groups in total. The van der Waals surface area contributed by atoms with E-state index >= 15 is 0 Å². The molecule has 0 saturated heterocycles. The first-order valence-corrected chi connectivity index (χ1v) is 6.86. The molecule has 3 rings (SSSR count). The standard InChI is InChI=1S/C13H21N3O/c1-2-5-16-12(8-14-15-16)13(17)11-7-9-3-4-10(11)6-9/h8-11,13,17H,2-7H2,1H3. The minimum Gasteiger partial charge on any atom is -0.386 e. The lowest BCUT2D eigenvalue weighted by Crippen LogP contribution is -2.22. The van der Waals surface area contributed by atoms with Crippen molar-refractivity contribution in [1.82, 2.24) is 15.0 Å². The van der Waals surface area contributed by atoms with E-state index in [1.165, 1.54) is 25.7 Å². The number of aromatic nitrogens is 3. The van der Waals surface area contributed by atoms with Crippen LogP contribution in [-0.2, 0) is 6.54 Å². The number of aliphatic hydroxyl groups excluding tert-OH is 1. The van der Waals surface area contributed by atoms with Crippen molar-refractivity contribution in [2.75, 3.05) is 0 Å². The normalized spacial score (nSPS) is 33.2. The Morgan fingerprint density at radius 1 is 1.47 bits per heavy atom. The SMILES string of the molecule is CCCn1nncc1C(O)C1CC2CCC1C2. The molecule has 2 fully saturated rings. The second kappa shape index (κ2) is 4.41. The first-order chi connectivity index (χ1) is 8.29. The summed E-state index contributed by atoms with van der Waals surface area (Å²) < 4.78 is 1.87. The third-order valence-electron chi connectivity index (χ3n) is 4.58. The lowest BCUT2D eigenvalue weighted by molar-refractivity contribution is 0.0667. The lowest BCUT2D eigenvalue weighted by Gasteiger charge is -2.26. The van der Waals surface area contributed by atoms with Gasteiger partial charge in [-0.05, 0) is 43.4 Å². The molecule has 0 aliphatic heterocycles. The van der Waals surface area contributed by atoms with E-state index in [0.717, 1.165) is 30.5 Å². The molecule has 17 heavy (non-hydrogen) atoms. The molecule has 4 heteroatoms. The second-order valence-electron chi connectivity index (χ2n) is 5.67. The van der Waals surface area contributed by atoms with Crippen LogP contribution in [0.1, 0.15) is 50.8 Å². The molecule has 4 unspecified atom stereocenters. The monoisotopic (exact) mass is 235 g/mol. The number of hydrogen-bond donors (Lipinski definition) is 1. The highest BCUT2D eigenvalue weighted by atomic mass is 16.3. The Hall–Kier alpha value is -0.900. The van der Waals surface area contributed by atoms with E-state index in [-0.39, 0.29) is 6.10 Å². The fourth-order valence-electron chi connectivity index (χ4n) is 3.78. The van der Waals surface area contributed by atoms with Gasteiger partial charge in [-0.1, -0.05) is 18.6 Å². The van der Waals surface area contributed by atoms with Gasteiger partial charge in [-0.3, -0.25) is 0 Å². The van der Waals surface area contributed by atoms with Crippen LogP contribution < -0.4 is 0 Å². The summed E-state index contributed by atoms with van der Waals surface area (Å²) in [6.07, 6.45) is 7.63. The highest BCUT2D eigenvalue weighted by Gasteiger charge is 2.43. The zero-order chi connectivity index (χ0) is 11.8. The Labute approximate surface area is 102 Å². The zero-order valence-electron chi connectivity index (χ0n) is 10.4. The van der Waals surface area contributed by atoms with Crippen LogP contribution in [-0.4, -0.2) is 20.1 Å². The molecule has 94 valence electrons. The minimum atomic E-state index is -0.355. The van der Waals surface area contributed by atoms with Crippen molar-refractivity contribution in [1.29, 1.82) is 0 Å². The molecule has 2 aliphatic carbocycles. The van der Waals surface area contributed by atoms with Crippen molar-refractivity contribution < 1.29 is 5.11 Å². The van der Waals surface area contributed by atoms with E-state index < -0.39 is 0 Å². The summed E-state index contributed by atoms with van der Waals surface area (Å²) in [7, 11) is 0. The fourth-order valence-corrected chi connectivity index (χ4v) is 3.78. The predicted molar refractivity (Wildman–Crippen MR) is 64.2 cm³/mol. The van der Waals surface area contributed by atoms with Gasteiger partial charge in [0, 0.05) is 6.54 Å². The van der Waals surface area contributed by atoms with Gasteiger partial charge in [-0.15, -0.1) is 5.10 Å². The summed E-state index contributed by atoms with van der Waals surface area (Å²) in [6, 6.07) is 0. The Morgan fingerprint density at radius 2 is 2.35 bits per heavy atom. The van der Waals surface area contributed by atoms with Gasteiger partial charge < -0.3 is 5.11 Å². The molecule has 2 aliphatic rings. The van der Waals surface area contributed by atoms with Crippen LogP contribution in [0.25, 0.3) is 0 Å². The van der Waals surface area contributed by atoms with E-state index in [9.17, 15) is 5.11 Å². The molecule has 2 saturated carbocycles. The molecule has 0 radical (unpaired) electrons. The largest absolute Gasteiger partial charge is 0.386 e. The molecule has 0 aromatic carbocycles. The van der Waals surface area contributed by atoms with E-state index in [4.69, 9.17) is 0 Å². The Balaban J connectivity index is 1.77. The van der Waals surface area contributed by atoms with E-state index in [1.807, 2.05) is 4.68 Å². The van der Waals surface area contributed by atoms with Crippen LogP contribution >= 0.6 is 0 Å². The molecule has 0 amide bonds. The summed E-state index contributed by atoms with van der Waals surface area (Å²) in [5.74, 6) is 2.05. The maximum Gasteiger partial charge on any atom is 0.100 e. The third-order valence-corrected chi connectivity index (χ3v) is 4.58. The molecule has 4 atom stereocenters. The quantitative estimate of drug-likeness (QED) is 0.870. The van der Waals surface area contributed by atoms with E-state index in [1.54, 1.807) is 6.20 Å². The number of nitrogens with zero attached hydrogens (tertiary/aromatic N) is 3. The van der Waals surface area contributed by atoms with E-state index in [0.29, 0.717) is 5.92 Å². The molecule has 1 aromatic heterocycles. The van der Waals surface area contributed by atoms with Crippen molar-refractivity contribution in [3.8, 4) is 0 Å². The molecule has 0 spiro atoms. The molecule has 4 nitrogen and oxygen atoms in total. The van der Waals surface area contributed by atoms with Gasteiger partial charge in [-0.2, -0.15) is 0 Å². The van der Waals surface area contributed by atoms with Gasteiger partial charge in [0.25, 0.3) is 0 Å². The summed E-state index contributed by atoms with van der Waals surface area (Å²) >= 11 is 0. The summed E-state index contributed by atoms with van der Waals surface area (Å²) in [6.45, 7) is 2.97. The Kier molecular flexibility index (Phi) is 2.90. The van der Waals surface area contributed by atoms with Crippen molar-refractivity contribution in [2.24, 2.45) is 17.8 Å². The summed E-state index contributed by atoms with van der Waals surface area (Å²) in [5.41, 5.74) is 0.921. The first-order valence-electron chi connectivity index (χ1n) is 6.86. The molecular formula is C13H21N3O. The van der Waals surface area contributed by atoms with Crippen LogP contribution in [0.15, 0.2) is 6.20 Å². The summed E-state index contributed by atoms with van der Waals surface area (Å²) in [4.78, 5) is 0.